The van der Waals surface area contributed by atoms with Crippen LogP contribution in [0, 0.1) is 0 Å². The molecule has 2 aromatic rings. The maximum atomic E-state index is 13.1. The highest BCUT2D eigenvalue weighted by Crippen LogP contribution is 2.40. The van der Waals surface area contributed by atoms with Crippen molar-refractivity contribution in [2.75, 3.05) is 39.3 Å². The molecule has 2 saturated heterocycles. The molecule has 1 amide bonds. The fraction of sp³-hybridized carbons (Fsp3) is 0.360. The van der Waals surface area contributed by atoms with Gasteiger partial charge in [-0.3, -0.25) is 9.59 Å². The van der Waals surface area contributed by atoms with Crippen LogP contribution >= 0.6 is 0 Å². The number of aliphatic hydroxyl groups is 1. The van der Waals surface area contributed by atoms with E-state index in [2.05, 4.69) is 0 Å². The molecule has 7 heteroatoms. The van der Waals surface area contributed by atoms with Crippen LogP contribution in [0.4, 0.5) is 5.69 Å². The van der Waals surface area contributed by atoms with Gasteiger partial charge >= 0.3 is 0 Å². The third-order valence-corrected chi connectivity index (χ3v) is 6.05. The minimum Gasteiger partial charge on any atom is -0.507 e. The number of anilines is 1. The van der Waals surface area contributed by atoms with Crippen molar-refractivity contribution >= 4 is 23.1 Å². The first-order valence-electron chi connectivity index (χ1n) is 10.7. The Balaban J connectivity index is 1.79. The average Bonchev–Trinajstić information content (AvgIpc) is 3.41. The molecule has 2 aliphatic heterocycles. The van der Waals surface area contributed by atoms with Crippen LogP contribution in [0.2, 0.25) is 0 Å². The lowest BCUT2D eigenvalue weighted by molar-refractivity contribution is -0.140. The number of ketones is 1. The molecule has 0 unspecified atom stereocenters. The molecule has 0 bridgehead atoms. The van der Waals surface area contributed by atoms with E-state index in [4.69, 9.17) is 9.47 Å². The number of aliphatic hydroxyl groups excluding tert-OH is 1. The molecule has 2 fully saturated rings. The van der Waals surface area contributed by atoms with Gasteiger partial charge in [0.1, 0.15) is 11.5 Å². The van der Waals surface area contributed by atoms with E-state index in [1.54, 1.807) is 31.4 Å². The third-order valence-electron chi connectivity index (χ3n) is 6.05. The topological polar surface area (TPSA) is 79.3 Å². The summed E-state index contributed by atoms with van der Waals surface area (Å²) in [5.74, 6) is -0.853. The Morgan fingerprint density at radius 2 is 1.81 bits per heavy atom. The van der Waals surface area contributed by atoms with Gasteiger partial charge in [0.2, 0.25) is 0 Å². The summed E-state index contributed by atoms with van der Waals surface area (Å²) in [6.07, 6.45) is 1.66. The number of amides is 1. The number of likely N-dealkylation sites (tertiary alicyclic amines) is 1. The molecule has 0 spiro atoms. The molecule has 1 N–H and O–H groups in total. The van der Waals surface area contributed by atoms with E-state index in [1.807, 2.05) is 43.3 Å². The van der Waals surface area contributed by atoms with Crippen molar-refractivity contribution in [2.24, 2.45) is 0 Å². The zero-order chi connectivity index (χ0) is 22.8. The van der Waals surface area contributed by atoms with E-state index in [0.29, 0.717) is 24.5 Å². The molecular formula is C25H28N2O5. The molecule has 4 rings (SSSR count). The molecule has 0 radical (unpaired) electrons. The normalized spacial score (nSPS) is 22.4. The molecule has 2 atom stereocenters. The number of methoxy groups -OCH3 is 1. The lowest BCUT2D eigenvalue weighted by atomic mass is 9.95. The van der Waals surface area contributed by atoms with Gasteiger partial charge in [-0.1, -0.05) is 12.1 Å². The van der Waals surface area contributed by atoms with Crippen LogP contribution in [0.5, 0.6) is 5.75 Å². The van der Waals surface area contributed by atoms with Crippen LogP contribution < -0.4 is 9.64 Å². The second kappa shape index (κ2) is 9.04. The molecule has 0 aromatic heterocycles. The van der Waals surface area contributed by atoms with Crippen molar-refractivity contribution in [2.45, 2.75) is 25.0 Å². The van der Waals surface area contributed by atoms with Gasteiger partial charge in [0.15, 0.2) is 0 Å². The number of rotatable bonds is 6. The van der Waals surface area contributed by atoms with Crippen LogP contribution in [0.15, 0.2) is 54.1 Å². The first kappa shape index (κ1) is 21.9. The fourth-order valence-corrected chi connectivity index (χ4v) is 4.28. The zero-order valence-electron chi connectivity index (χ0n) is 18.6. The Morgan fingerprint density at radius 3 is 2.38 bits per heavy atom. The third kappa shape index (κ3) is 4.08. The predicted octanol–water partition coefficient (Wildman–Crippen LogP) is 3.36. The number of carbonyl (C=O) groups excluding carboxylic acids is 2. The van der Waals surface area contributed by atoms with Crippen molar-refractivity contribution in [3.63, 3.8) is 0 Å². The number of ether oxygens (including phenoxy) is 2. The number of Topliss-reactive ketones (excluding diaryl/α,β-unsaturated/α-hetero) is 1. The average molecular weight is 437 g/mol. The second-order valence-electron chi connectivity index (χ2n) is 8.30. The van der Waals surface area contributed by atoms with Crippen molar-refractivity contribution in [3.8, 4) is 5.75 Å². The SMILES string of the molecule is COc1ccc(/C(O)=C2\C(=O)C(=O)N(C[C@H]3CCCO3)[C@@H]2c2ccc(N(C)C)cc2)cc1. The summed E-state index contributed by atoms with van der Waals surface area (Å²) >= 11 is 0. The fourth-order valence-electron chi connectivity index (χ4n) is 4.28. The van der Waals surface area contributed by atoms with Gasteiger partial charge in [0, 0.05) is 38.5 Å². The summed E-state index contributed by atoms with van der Waals surface area (Å²) in [6, 6.07) is 13.8. The molecule has 2 aromatic carbocycles. The highest BCUT2D eigenvalue weighted by molar-refractivity contribution is 6.46. The molecule has 2 heterocycles. The van der Waals surface area contributed by atoms with Gasteiger partial charge in [0.25, 0.3) is 11.7 Å². The quantitative estimate of drug-likeness (QED) is 0.425. The minimum atomic E-state index is -0.683. The molecule has 168 valence electrons. The van der Waals surface area contributed by atoms with Crippen LogP contribution in [0.25, 0.3) is 5.76 Å². The highest BCUT2D eigenvalue weighted by Gasteiger charge is 2.47. The summed E-state index contributed by atoms with van der Waals surface area (Å²) in [4.78, 5) is 29.7. The summed E-state index contributed by atoms with van der Waals surface area (Å²) in [7, 11) is 5.45. The Morgan fingerprint density at radius 1 is 1.12 bits per heavy atom. The first-order chi connectivity index (χ1) is 15.4. The number of carbonyl (C=O) groups is 2. The van der Waals surface area contributed by atoms with Crippen molar-refractivity contribution < 1.29 is 24.2 Å². The van der Waals surface area contributed by atoms with Gasteiger partial charge in [-0.05, 0) is 54.8 Å². The minimum absolute atomic E-state index is 0.0933. The van der Waals surface area contributed by atoms with Crippen LogP contribution in [-0.4, -0.2) is 62.2 Å². The standard InChI is InChI=1S/C25H28N2O5/c1-26(2)18-10-6-16(7-11-18)22-21(23(28)17-8-12-19(31-3)13-9-17)24(29)25(30)27(22)15-20-5-4-14-32-20/h6-13,20,22,28H,4-5,14-15H2,1-3H3/b23-21+/t20-,22-/m1/s1. The van der Waals surface area contributed by atoms with Crippen molar-refractivity contribution in [3.05, 3.63) is 65.2 Å². The maximum Gasteiger partial charge on any atom is 0.295 e. The molecule has 2 aliphatic rings. The van der Waals surface area contributed by atoms with Gasteiger partial charge in [-0.25, -0.2) is 0 Å². The number of nitrogens with zero attached hydrogens (tertiary/aromatic N) is 2. The molecule has 0 aliphatic carbocycles. The molecule has 32 heavy (non-hydrogen) atoms. The Labute approximate surface area is 187 Å². The lowest BCUT2D eigenvalue weighted by Gasteiger charge is -2.28. The monoisotopic (exact) mass is 436 g/mol. The van der Waals surface area contributed by atoms with E-state index in [0.717, 1.165) is 24.1 Å². The molecule has 7 nitrogen and oxygen atoms in total. The molecular weight excluding hydrogens is 408 g/mol. The van der Waals surface area contributed by atoms with Crippen LogP contribution in [-0.2, 0) is 14.3 Å². The summed E-state index contributed by atoms with van der Waals surface area (Å²) in [5, 5.41) is 11.1. The largest absolute Gasteiger partial charge is 0.507 e. The van der Waals surface area contributed by atoms with E-state index < -0.39 is 17.7 Å². The number of hydrogen-bond donors (Lipinski definition) is 1. The van der Waals surface area contributed by atoms with Crippen LogP contribution in [0.3, 0.4) is 0 Å². The molecule has 0 saturated carbocycles. The van der Waals surface area contributed by atoms with Crippen molar-refractivity contribution in [1.29, 1.82) is 0 Å². The highest BCUT2D eigenvalue weighted by atomic mass is 16.5. The van der Waals surface area contributed by atoms with E-state index in [-0.39, 0.29) is 17.4 Å². The Kier molecular flexibility index (Phi) is 6.19. The first-order valence-corrected chi connectivity index (χ1v) is 10.7. The maximum absolute atomic E-state index is 13.1. The zero-order valence-corrected chi connectivity index (χ0v) is 18.6. The van der Waals surface area contributed by atoms with Crippen LogP contribution in [0.1, 0.15) is 30.0 Å². The second-order valence-corrected chi connectivity index (χ2v) is 8.30. The predicted molar refractivity (Wildman–Crippen MR) is 122 cm³/mol. The van der Waals surface area contributed by atoms with E-state index >= 15 is 0 Å². The lowest BCUT2D eigenvalue weighted by Crippen LogP contribution is -2.36. The Hall–Kier alpha value is -3.32. The number of hydrogen-bond acceptors (Lipinski definition) is 6. The summed E-state index contributed by atoms with van der Waals surface area (Å²) in [5.41, 5.74) is 2.31. The van der Waals surface area contributed by atoms with Crippen molar-refractivity contribution in [1.82, 2.24) is 4.90 Å². The van der Waals surface area contributed by atoms with Gasteiger partial charge in [0.05, 0.1) is 24.8 Å². The number of benzene rings is 2. The summed E-state index contributed by atoms with van der Waals surface area (Å²) < 4.78 is 10.9. The van der Waals surface area contributed by atoms with E-state index in [1.165, 1.54) is 4.90 Å². The Bertz CT molecular complexity index is 1020. The smallest absolute Gasteiger partial charge is 0.295 e. The van der Waals surface area contributed by atoms with E-state index in [9.17, 15) is 14.7 Å². The van der Waals surface area contributed by atoms with Gasteiger partial charge in [-0.2, -0.15) is 0 Å². The van der Waals surface area contributed by atoms with Gasteiger partial charge in [-0.15, -0.1) is 0 Å². The summed E-state index contributed by atoms with van der Waals surface area (Å²) in [6.45, 7) is 0.965. The van der Waals surface area contributed by atoms with Gasteiger partial charge < -0.3 is 24.4 Å².